The van der Waals surface area contributed by atoms with Crippen LogP contribution in [0.4, 0.5) is 0 Å². The second kappa shape index (κ2) is 11.1. The van der Waals surface area contributed by atoms with E-state index in [1.807, 2.05) is 13.0 Å². The van der Waals surface area contributed by atoms with E-state index < -0.39 is 0 Å². The number of hydrogen-bond acceptors (Lipinski definition) is 4. The Balaban J connectivity index is 1.61. The first-order chi connectivity index (χ1) is 14.0. The molecule has 3 rings (SSSR count). The first-order valence-corrected chi connectivity index (χ1v) is 12.0. The SMILES string of the molecule is CCOC(=O)CCc1ccc(Sc2cc(Br)cc(OCC3CCCC3)c2)cc1C. The number of carbonyl (C=O) groups is 1. The van der Waals surface area contributed by atoms with Crippen molar-refractivity contribution in [3.05, 3.63) is 52.0 Å². The average Bonchev–Trinajstić information content (AvgIpc) is 3.19. The molecule has 1 aliphatic carbocycles. The predicted molar refractivity (Wildman–Crippen MR) is 122 cm³/mol. The minimum atomic E-state index is -0.135. The lowest BCUT2D eigenvalue weighted by Gasteiger charge is -2.13. The highest BCUT2D eigenvalue weighted by molar-refractivity contribution is 9.10. The van der Waals surface area contributed by atoms with Crippen molar-refractivity contribution in [2.75, 3.05) is 13.2 Å². The minimum Gasteiger partial charge on any atom is -0.493 e. The molecule has 0 saturated heterocycles. The lowest BCUT2D eigenvalue weighted by atomic mass is 10.0. The Morgan fingerprint density at radius 2 is 1.93 bits per heavy atom. The van der Waals surface area contributed by atoms with Crippen LogP contribution in [-0.2, 0) is 16.0 Å². The fourth-order valence-electron chi connectivity index (χ4n) is 3.69. The Morgan fingerprint density at radius 1 is 1.14 bits per heavy atom. The van der Waals surface area contributed by atoms with Gasteiger partial charge in [0.2, 0.25) is 0 Å². The third kappa shape index (κ3) is 7.07. The standard InChI is InChI=1S/C24H29BrO3S/c1-3-27-24(26)11-9-19-8-10-22(12-17(19)2)29-23-14-20(25)13-21(15-23)28-16-18-6-4-5-7-18/h8,10,12-15,18H,3-7,9,11,16H2,1-2H3. The van der Waals surface area contributed by atoms with E-state index in [0.29, 0.717) is 25.4 Å². The zero-order chi connectivity index (χ0) is 20.6. The highest BCUT2D eigenvalue weighted by Gasteiger charge is 2.16. The molecule has 5 heteroatoms. The topological polar surface area (TPSA) is 35.5 Å². The number of ether oxygens (including phenoxy) is 2. The molecule has 2 aromatic rings. The van der Waals surface area contributed by atoms with Crippen molar-refractivity contribution >= 4 is 33.7 Å². The van der Waals surface area contributed by atoms with E-state index in [-0.39, 0.29) is 5.97 Å². The molecular formula is C24H29BrO3S. The molecule has 0 aliphatic heterocycles. The number of aryl methyl sites for hydroxylation is 2. The second-order valence-electron chi connectivity index (χ2n) is 7.58. The largest absolute Gasteiger partial charge is 0.493 e. The van der Waals surface area contributed by atoms with Gasteiger partial charge in [-0.05, 0) is 80.5 Å². The van der Waals surface area contributed by atoms with Gasteiger partial charge in [0.15, 0.2) is 0 Å². The van der Waals surface area contributed by atoms with Gasteiger partial charge in [0.1, 0.15) is 5.75 Å². The number of hydrogen-bond donors (Lipinski definition) is 0. The van der Waals surface area contributed by atoms with Crippen LogP contribution in [0.2, 0.25) is 0 Å². The molecule has 2 aromatic carbocycles. The van der Waals surface area contributed by atoms with Gasteiger partial charge in [0.05, 0.1) is 13.2 Å². The van der Waals surface area contributed by atoms with Crippen molar-refractivity contribution in [2.24, 2.45) is 5.92 Å². The number of esters is 1. The van der Waals surface area contributed by atoms with E-state index in [1.54, 1.807) is 11.8 Å². The second-order valence-corrected chi connectivity index (χ2v) is 9.64. The van der Waals surface area contributed by atoms with Gasteiger partial charge >= 0.3 is 5.97 Å². The van der Waals surface area contributed by atoms with E-state index in [4.69, 9.17) is 9.47 Å². The summed E-state index contributed by atoms with van der Waals surface area (Å²) in [7, 11) is 0. The molecular weight excluding hydrogens is 448 g/mol. The smallest absolute Gasteiger partial charge is 0.306 e. The van der Waals surface area contributed by atoms with Crippen LogP contribution in [0, 0.1) is 12.8 Å². The number of benzene rings is 2. The van der Waals surface area contributed by atoms with Crippen LogP contribution >= 0.6 is 27.7 Å². The van der Waals surface area contributed by atoms with Crippen molar-refractivity contribution in [1.82, 2.24) is 0 Å². The van der Waals surface area contributed by atoms with E-state index >= 15 is 0 Å². The summed E-state index contributed by atoms with van der Waals surface area (Å²) in [6.07, 6.45) is 6.39. The summed E-state index contributed by atoms with van der Waals surface area (Å²) < 4.78 is 12.1. The van der Waals surface area contributed by atoms with E-state index in [2.05, 4.69) is 53.2 Å². The molecule has 0 unspecified atom stereocenters. The van der Waals surface area contributed by atoms with E-state index in [1.165, 1.54) is 41.7 Å². The van der Waals surface area contributed by atoms with Gasteiger partial charge in [-0.15, -0.1) is 0 Å². The first kappa shape index (κ1) is 22.2. The maximum absolute atomic E-state index is 11.6. The molecule has 0 bridgehead atoms. The number of rotatable bonds is 9. The fourth-order valence-corrected chi connectivity index (χ4v) is 5.32. The van der Waals surface area contributed by atoms with Gasteiger partial charge in [-0.1, -0.05) is 46.6 Å². The Hall–Kier alpha value is -1.46. The molecule has 0 aromatic heterocycles. The molecule has 0 spiro atoms. The summed E-state index contributed by atoms with van der Waals surface area (Å²) in [5, 5.41) is 0. The molecule has 0 atom stereocenters. The van der Waals surface area contributed by atoms with Crippen molar-refractivity contribution in [3.8, 4) is 5.75 Å². The Kier molecular flexibility index (Phi) is 8.49. The third-order valence-electron chi connectivity index (χ3n) is 5.26. The Bertz CT molecular complexity index is 831. The Labute approximate surface area is 186 Å². The van der Waals surface area contributed by atoms with Crippen LogP contribution < -0.4 is 4.74 Å². The van der Waals surface area contributed by atoms with Gasteiger partial charge in [-0.2, -0.15) is 0 Å². The third-order valence-corrected chi connectivity index (χ3v) is 6.68. The Morgan fingerprint density at radius 3 is 2.66 bits per heavy atom. The molecule has 3 nitrogen and oxygen atoms in total. The van der Waals surface area contributed by atoms with Gasteiger partial charge in [0.25, 0.3) is 0 Å². The van der Waals surface area contributed by atoms with Crippen LogP contribution in [0.25, 0.3) is 0 Å². The van der Waals surface area contributed by atoms with Gasteiger partial charge in [-0.3, -0.25) is 4.79 Å². The lowest BCUT2D eigenvalue weighted by molar-refractivity contribution is -0.143. The minimum absolute atomic E-state index is 0.135. The maximum atomic E-state index is 11.6. The van der Waals surface area contributed by atoms with Crippen LogP contribution in [-0.4, -0.2) is 19.2 Å². The normalized spacial score (nSPS) is 14.2. The van der Waals surface area contributed by atoms with Crippen LogP contribution in [0.5, 0.6) is 5.75 Å². The molecule has 1 saturated carbocycles. The molecule has 0 amide bonds. The van der Waals surface area contributed by atoms with Crippen LogP contribution in [0.1, 0.15) is 50.2 Å². The predicted octanol–water partition coefficient (Wildman–Crippen LogP) is 6.97. The average molecular weight is 477 g/mol. The molecule has 1 fully saturated rings. The highest BCUT2D eigenvalue weighted by atomic mass is 79.9. The fraction of sp³-hybridized carbons (Fsp3) is 0.458. The summed E-state index contributed by atoms with van der Waals surface area (Å²) >= 11 is 5.34. The van der Waals surface area contributed by atoms with Crippen LogP contribution in [0.15, 0.2) is 50.7 Å². The zero-order valence-electron chi connectivity index (χ0n) is 17.2. The number of carbonyl (C=O) groups excluding carboxylic acids is 1. The molecule has 0 radical (unpaired) electrons. The summed E-state index contributed by atoms with van der Waals surface area (Å²) in [6, 6.07) is 12.7. The van der Waals surface area contributed by atoms with E-state index in [0.717, 1.165) is 21.7 Å². The van der Waals surface area contributed by atoms with Crippen LogP contribution in [0.3, 0.4) is 0 Å². The van der Waals surface area contributed by atoms with Crippen molar-refractivity contribution in [2.45, 2.75) is 62.2 Å². The number of halogens is 1. The summed E-state index contributed by atoms with van der Waals surface area (Å²) in [6.45, 7) is 5.19. The molecule has 1 aliphatic rings. The van der Waals surface area contributed by atoms with Crippen molar-refractivity contribution in [3.63, 3.8) is 0 Å². The van der Waals surface area contributed by atoms with Crippen molar-refractivity contribution in [1.29, 1.82) is 0 Å². The summed E-state index contributed by atoms with van der Waals surface area (Å²) in [5.74, 6) is 1.50. The molecule has 29 heavy (non-hydrogen) atoms. The monoisotopic (exact) mass is 476 g/mol. The van der Waals surface area contributed by atoms with Gasteiger partial charge in [0, 0.05) is 20.7 Å². The maximum Gasteiger partial charge on any atom is 0.306 e. The summed E-state index contributed by atoms with van der Waals surface area (Å²) in [4.78, 5) is 13.9. The van der Waals surface area contributed by atoms with Gasteiger partial charge < -0.3 is 9.47 Å². The first-order valence-electron chi connectivity index (χ1n) is 10.4. The van der Waals surface area contributed by atoms with E-state index in [9.17, 15) is 4.79 Å². The zero-order valence-corrected chi connectivity index (χ0v) is 19.6. The molecule has 0 N–H and O–H groups in total. The summed E-state index contributed by atoms with van der Waals surface area (Å²) in [5.41, 5.74) is 2.39. The quantitative estimate of drug-likeness (QED) is 0.365. The van der Waals surface area contributed by atoms with Crippen molar-refractivity contribution < 1.29 is 14.3 Å². The molecule has 0 heterocycles. The lowest BCUT2D eigenvalue weighted by Crippen LogP contribution is -2.07. The molecule has 156 valence electrons. The van der Waals surface area contributed by atoms with Gasteiger partial charge in [-0.25, -0.2) is 0 Å². The highest BCUT2D eigenvalue weighted by Crippen LogP contribution is 2.35.